The van der Waals surface area contributed by atoms with Gasteiger partial charge in [0.25, 0.3) is 5.91 Å². The Kier molecular flexibility index (Phi) is 7.57. The summed E-state index contributed by atoms with van der Waals surface area (Å²) in [5.41, 5.74) is 2.30. The predicted octanol–water partition coefficient (Wildman–Crippen LogP) is 3.86. The van der Waals surface area contributed by atoms with Crippen LogP contribution in [0.15, 0.2) is 42.5 Å². The first-order chi connectivity index (χ1) is 16.4. The number of benzene rings is 2. The molecule has 0 aromatic heterocycles. The van der Waals surface area contributed by atoms with Crippen LogP contribution in [0.1, 0.15) is 41.6 Å². The number of aliphatic carboxylic acids is 1. The van der Waals surface area contributed by atoms with Crippen molar-refractivity contribution >= 4 is 35.2 Å². The van der Waals surface area contributed by atoms with Gasteiger partial charge in [-0.3, -0.25) is 14.5 Å². The summed E-state index contributed by atoms with van der Waals surface area (Å²) in [6, 6.07) is 12.2. The molecule has 0 unspecified atom stereocenters. The fourth-order valence-corrected chi connectivity index (χ4v) is 4.71. The van der Waals surface area contributed by atoms with Crippen LogP contribution < -0.4 is 20.3 Å². The molecule has 2 aromatic carbocycles. The van der Waals surface area contributed by atoms with Crippen molar-refractivity contribution in [2.24, 2.45) is 5.92 Å². The minimum absolute atomic E-state index is 0.00233. The van der Waals surface area contributed by atoms with Gasteiger partial charge in [0.15, 0.2) is 0 Å². The summed E-state index contributed by atoms with van der Waals surface area (Å²) in [4.78, 5) is 37.6. The molecule has 1 saturated carbocycles. The molecule has 9 heteroatoms. The fraction of sp³-hybridized carbons (Fsp3) is 0.400. The number of carbonyl (C=O) groups excluding carboxylic acids is 2. The van der Waals surface area contributed by atoms with Gasteiger partial charge in [0.05, 0.1) is 17.7 Å². The molecule has 1 aliphatic carbocycles. The first-order valence-corrected chi connectivity index (χ1v) is 11.9. The van der Waals surface area contributed by atoms with Crippen molar-refractivity contribution in [2.45, 2.75) is 38.2 Å². The molecule has 1 heterocycles. The molecule has 3 N–H and O–H groups in total. The standard InChI is InChI=1S/C25H28ClN3O5/c26-21-2-1-3-22-20(21)12-15-29(22)25(33)28-14-13-27-23(30)16-4-8-18(9-5-16)34-19-10-6-17(7-11-19)24(31)32/h1-5,8-9,17,19H,6-7,10-15H2,(H,27,30)(H,28,33)(H,31,32)/t17-,19+. The average Bonchev–Trinajstić information content (AvgIpc) is 3.28. The van der Waals surface area contributed by atoms with Gasteiger partial charge in [-0.1, -0.05) is 17.7 Å². The van der Waals surface area contributed by atoms with Crippen LogP contribution in [0.2, 0.25) is 5.02 Å². The lowest BCUT2D eigenvalue weighted by Gasteiger charge is -2.26. The number of ether oxygens (including phenoxy) is 1. The van der Waals surface area contributed by atoms with Crippen molar-refractivity contribution in [3.05, 3.63) is 58.6 Å². The number of nitrogens with one attached hydrogen (secondary N) is 2. The summed E-state index contributed by atoms with van der Waals surface area (Å²) in [5.74, 6) is -0.588. The zero-order chi connectivity index (χ0) is 24.1. The average molecular weight is 486 g/mol. The van der Waals surface area contributed by atoms with E-state index in [1.807, 2.05) is 18.2 Å². The maximum absolute atomic E-state index is 12.5. The number of hydrogen-bond donors (Lipinski definition) is 3. The summed E-state index contributed by atoms with van der Waals surface area (Å²) in [6.07, 6.45) is 3.38. The molecular weight excluding hydrogens is 458 g/mol. The Morgan fingerprint density at radius 3 is 2.41 bits per heavy atom. The highest BCUT2D eigenvalue weighted by atomic mass is 35.5. The molecule has 34 heavy (non-hydrogen) atoms. The summed E-state index contributed by atoms with van der Waals surface area (Å²) < 4.78 is 5.94. The van der Waals surface area contributed by atoms with E-state index in [9.17, 15) is 14.4 Å². The van der Waals surface area contributed by atoms with Gasteiger partial charge in [0.2, 0.25) is 0 Å². The third-order valence-electron chi connectivity index (χ3n) is 6.34. The largest absolute Gasteiger partial charge is 0.490 e. The molecule has 2 aromatic rings. The van der Waals surface area contributed by atoms with Crippen LogP contribution in [-0.2, 0) is 11.2 Å². The molecule has 1 aliphatic heterocycles. The van der Waals surface area contributed by atoms with E-state index < -0.39 is 5.97 Å². The predicted molar refractivity (Wildman–Crippen MR) is 129 cm³/mol. The van der Waals surface area contributed by atoms with Crippen LogP contribution in [0.3, 0.4) is 0 Å². The zero-order valence-corrected chi connectivity index (χ0v) is 19.5. The highest BCUT2D eigenvalue weighted by Gasteiger charge is 2.27. The summed E-state index contributed by atoms with van der Waals surface area (Å²) in [6.45, 7) is 1.18. The van der Waals surface area contributed by atoms with Crippen molar-refractivity contribution in [1.29, 1.82) is 0 Å². The Labute approximate surface area is 203 Å². The lowest BCUT2D eigenvalue weighted by molar-refractivity contribution is -0.143. The molecule has 0 radical (unpaired) electrons. The van der Waals surface area contributed by atoms with Gasteiger partial charge in [-0.25, -0.2) is 4.79 Å². The van der Waals surface area contributed by atoms with E-state index in [0.717, 1.165) is 17.7 Å². The number of urea groups is 1. The van der Waals surface area contributed by atoms with Gasteiger partial charge in [-0.2, -0.15) is 0 Å². The maximum Gasteiger partial charge on any atom is 0.321 e. The second-order valence-electron chi connectivity index (χ2n) is 8.58. The Hall–Kier alpha value is -3.26. The Balaban J connectivity index is 1.18. The zero-order valence-electron chi connectivity index (χ0n) is 18.8. The molecule has 0 bridgehead atoms. The minimum atomic E-state index is -0.736. The quantitative estimate of drug-likeness (QED) is 0.516. The number of carboxylic acid groups (broad SMARTS) is 1. The molecule has 8 nitrogen and oxygen atoms in total. The normalized spacial score (nSPS) is 19.3. The smallest absolute Gasteiger partial charge is 0.321 e. The van der Waals surface area contributed by atoms with Crippen molar-refractivity contribution in [1.82, 2.24) is 10.6 Å². The van der Waals surface area contributed by atoms with E-state index in [1.54, 1.807) is 29.2 Å². The van der Waals surface area contributed by atoms with E-state index in [0.29, 0.717) is 61.7 Å². The Morgan fingerprint density at radius 2 is 1.71 bits per heavy atom. The van der Waals surface area contributed by atoms with Crippen molar-refractivity contribution in [3.8, 4) is 5.75 Å². The van der Waals surface area contributed by atoms with Crippen molar-refractivity contribution < 1.29 is 24.2 Å². The fourth-order valence-electron chi connectivity index (χ4n) is 4.45. The number of rotatable bonds is 7. The Morgan fingerprint density at radius 1 is 1.00 bits per heavy atom. The first kappa shape index (κ1) is 23.9. The molecule has 0 atom stereocenters. The summed E-state index contributed by atoms with van der Waals surface area (Å²) in [7, 11) is 0. The topological polar surface area (TPSA) is 108 Å². The number of carbonyl (C=O) groups is 3. The van der Waals surface area contributed by atoms with Crippen LogP contribution >= 0.6 is 11.6 Å². The number of nitrogens with zero attached hydrogens (tertiary/aromatic N) is 1. The lowest BCUT2D eigenvalue weighted by Crippen LogP contribution is -2.42. The highest BCUT2D eigenvalue weighted by molar-refractivity contribution is 6.32. The van der Waals surface area contributed by atoms with Crippen LogP contribution in [0.25, 0.3) is 0 Å². The number of hydrogen-bond acceptors (Lipinski definition) is 4. The van der Waals surface area contributed by atoms with Crippen LogP contribution in [0, 0.1) is 5.92 Å². The van der Waals surface area contributed by atoms with Gasteiger partial charge < -0.3 is 20.5 Å². The second-order valence-corrected chi connectivity index (χ2v) is 8.99. The highest BCUT2D eigenvalue weighted by Crippen LogP contribution is 2.33. The second kappa shape index (κ2) is 10.8. The molecule has 1 fully saturated rings. The van der Waals surface area contributed by atoms with E-state index in [4.69, 9.17) is 21.4 Å². The number of amides is 3. The van der Waals surface area contributed by atoms with Crippen molar-refractivity contribution in [2.75, 3.05) is 24.5 Å². The van der Waals surface area contributed by atoms with Gasteiger partial charge in [-0.05, 0) is 74.1 Å². The van der Waals surface area contributed by atoms with E-state index in [-0.39, 0.29) is 24.0 Å². The molecule has 0 spiro atoms. The number of carboxylic acids is 1. The molecular formula is C25H28ClN3O5. The van der Waals surface area contributed by atoms with E-state index >= 15 is 0 Å². The lowest BCUT2D eigenvalue weighted by atomic mass is 9.87. The van der Waals surface area contributed by atoms with E-state index in [1.165, 1.54) is 0 Å². The van der Waals surface area contributed by atoms with Crippen LogP contribution in [-0.4, -0.2) is 48.8 Å². The van der Waals surface area contributed by atoms with Gasteiger partial charge >= 0.3 is 12.0 Å². The summed E-state index contributed by atoms with van der Waals surface area (Å²) in [5, 5.41) is 15.4. The monoisotopic (exact) mass is 485 g/mol. The van der Waals surface area contributed by atoms with Gasteiger partial charge in [-0.15, -0.1) is 0 Å². The van der Waals surface area contributed by atoms with Gasteiger partial charge in [0, 0.05) is 30.2 Å². The van der Waals surface area contributed by atoms with E-state index in [2.05, 4.69) is 10.6 Å². The maximum atomic E-state index is 12.5. The van der Waals surface area contributed by atoms with Crippen molar-refractivity contribution in [3.63, 3.8) is 0 Å². The molecule has 0 saturated heterocycles. The van der Waals surface area contributed by atoms with Gasteiger partial charge in [0.1, 0.15) is 5.75 Å². The molecule has 2 aliphatic rings. The Bertz CT molecular complexity index is 1050. The molecule has 3 amide bonds. The van der Waals surface area contributed by atoms with Crippen LogP contribution in [0.5, 0.6) is 5.75 Å². The minimum Gasteiger partial charge on any atom is -0.490 e. The number of fused-ring (bicyclic) bond motifs is 1. The molecule has 4 rings (SSSR count). The number of halogens is 1. The third kappa shape index (κ3) is 5.62. The third-order valence-corrected chi connectivity index (χ3v) is 6.70. The van der Waals surface area contributed by atoms with Crippen LogP contribution in [0.4, 0.5) is 10.5 Å². The SMILES string of the molecule is O=C(NCCNC(=O)N1CCc2c(Cl)cccc21)c1ccc(O[C@H]2CC[C@@H](C(=O)O)CC2)cc1. The summed E-state index contributed by atoms with van der Waals surface area (Å²) >= 11 is 6.20. The number of anilines is 1. The first-order valence-electron chi connectivity index (χ1n) is 11.5. The molecule has 180 valence electrons.